The number of nitrogens with zero attached hydrogens (tertiary/aromatic N) is 4. The van der Waals surface area contributed by atoms with Crippen molar-refractivity contribution in [2.45, 2.75) is 12.8 Å². The summed E-state index contributed by atoms with van der Waals surface area (Å²) >= 11 is 0. The van der Waals surface area contributed by atoms with E-state index in [1.807, 2.05) is 6.07 Å². The molecule has 0 aliphatic carbocycles. The van der Waals surface area contributed by atoms with E-state index in [0.717, 1.165) is 10.5 Å². The number of imide groups is 1. The molecule has 3 aromatic rings. The summed E-state index contributed by atoms with van der Waals surface area (Å²) in [6.45, 7) is 0. The molecule has 9 heteroatoms. The first-order valence-electron chi connectivity index (χ1n) is 8.52. The summed E-state index contributed by atoms with van der Waals surface area (Å²) in [7, 11) is 1.42. The number of fused-ring (bicyclic) bond motifs is 1. The van der Waals surface area contributed by atoms with Crippen LogP contribution in [0, 0.1) is 0 Å². The zero-order valence-electron chi connectivity index (χ0n) is 14.9. The van der Waals surface area contributed by atoms with Crippen molar-refractivity contribution >= 4 is 23.4 Å². The second-order valence-corrected chi connectivity index (χ2v) is 6.23. The minimum atomic E-state index is -0.384. The van der Waals surface area contributed by atoms with Gasteiger partial charge in [0.1, 0.15) is 0 Å². The van der Waals surface area contributed by atoms with Gasteiger partial charge in [-0.05, 0) is 30.3 Å². The topological polar surface area (TPSA) is 118 Å². The maximum absolute atomic E-state index is 12.2. The number of hydrogen-bond acceptors (Lipinski definition) is 7. The minimum absolute atomic E-state index is 0.124. The van der Waals surface area contributed by atoms with Crippen LogP contribution in [0.15, 0.2) is 47.2 Å². The molecule has 2 aromatic heterocycles. The number of amides is 3. The van der Waals surface area contributed by atoms with Crippen LogP contribution < -0.4 is 5.32 Å². The number of carbonyl (C=O) groups excluding carboxylic acids is 3. The summed E-state index contributed by atoms with van der Waals surface area (Å²) in [5.41, 5.74) is 1.79. The molecule has 0 saturated heterocycles. The van der Waals surface area contributed by atoms with Crippen LogP contribution in [0.5, 0.6) is 0 Å². The Balaban J connectivity index is 1.38. The van der Waals surface area contributed by atoms with Crippen molar-refractivity contribution in [3.63, 3.8) is 0 Å². The fourth-order valence-corrected chi connectivity index (χ4v) is 2.85. The van der Waals surface area contributed by atoms with Gasteiger partial charge in [0.2, 0.25) is 17.6 Å². The lowest BCUT2D eigenvalue weighted by Gasteiger charge is -2.05. The van der Waals surface area contributed by atoms with E-state index in [1.165, 1.54) is 19.2 Å². The molecule has 28 heavy (non-hydrogen) atoms. The monoisotopic (exact) mass is 377 g/mol. The highest BCUT2D eigenvalue weighted by molar-refractivity contribution is 6.21. The van der Waals surface area contributed by atoms with Crippen molar-refractivity contribution in [3.8, 4) is 11.4 Å². The van der Waals surface area contributed by atoms with Crippen LogP contribution in [-0.4, -0.2) is 44.8 Å². The van der Waals surface area contributed by atoms with E-state index in [0.29, 0.717) is 23.0 Å². The number of aryl methyl sites for hydroxylation is 1. The molecular weight excluding hydrogens is 362 g/mol. The first-order valence-corrected chi connectivity index (χ1v) is 8.52. The lowest BCUT2D eigenvalue weighted by Crippen LogP contribution is -2.24. The molecule has 1 N–H and O–H groups in total. The lowest BCUT2D eigenvalue weighted by molar-refractivity contribution is -0.116. The van der Waals surface area contributed by atoms with Gasteiger partial charge in [0.05, 0.1) is 11.1 Å². The summed E-state index contributed by atoms with van der Waals surface area (Å²) in [6.07, 6.45) is 3.66. The zero-order valence-corrected chi connectivity index (χ0v) is 14.9. The van der Waals surface area contributed by atoms with Crippen molar-refractivity contribution in [3.05, 3.63) is 59.7 Å². The van der Waals surface area contributed by atoms with Gasteiger partial charge in [-0.1, -0.05) is 5.16 Å². The second-order valence-electron chi connectivity index (χ2n) is 6.23. The van der Waals surface area contributed by atoms with E-state index in [4.69, 9.17) is 4.52 Å². The predicted octanol–water partition coefficient (Wildman–Crippen LogP) is 1.93. The van der Waals surface area contributed by atoms with Crippen molar-refractivity contribution in [1.82, 2.24) is 20.0 Å². The van der Waals surface area contributed by atoms with E-state index < -0.39 is 0 Å². The average Bonchev–Trinajstić information content (AvgIpc) is 3.27. The molecule has 0 saturated carbocycles. The summed E-state index contributed by atoms with van der Waals surface area (Å²) in [5, 5.41) is 6.59. The Hall–Kier alpha value is -3.88. The molecule has 0 unspecified atom stereocenters. The van der Waals surface area contributed by atoms with Gasteiger partial charge in [-0.25, -0.2) is 0 Å². The van der Waals surface area contributed by atoms with Gasteiger partial charge in [-0.2, -0.15) is 4.98 Å². The van der Waals surface area contributed by atoms with Gasteiger partial charge < -0.3 is 9.84 Å². The van der Waals surface area contributed by atoms with Gasteiger partial charge >= 0.3 is 0 Å². The molecule has 1 aliphatic rings. The highest BCUT2D eigenvalue weighted by Gasteiger charge is 2.32. The molecule has 0 fully saturated rings. The quantitative estimate of drug-likeness (QED) is 0.675. The van der Waals surface area contributed by atoms with Crippen LogP contribution in [0.3, 0.4) is 0 Å². The van der Waals surface area contributed by atoms with E-state index >= 15 is 0 Å². The number of nitrogens with one attached hydrogen (secondary N) is 1. The first-order chi connectivity index (χ1) is 13.5. The fraction of sp³-hybridized carbons (Fsp3) is 0.158. The van der Waals surface area contributed by atoms with Gasteiger partial charge in [0.15, 0.2) is 0 Å². The molecule has 1 aliphatic heterocycles. The van der Waals surface area contributed by atoms with Crippen molar-refractivity contribution < 1.29 is 18.9 Å². The molecule has 4 rings (SSSR count). The van der Waals surface area contributed by atoms with Gasteiger partial charge in [0.25, 0.3) is 11.8 Å². The highest BCUT2D eigenvalue weighted by Crippen LogP contribution is 2.25. The SMILES string of the molecule is CN1C(=O)c2ccc(NC(=O)CCc3nc(-c4cccnc4)no3)cc2C1=O. The third-order valence-electron chi connectivity index (χ3n) is 4.33. The molecule has 0 bridgehead atoms. The number of aromatic nitrogens is 3. The van der Waals surface area contributed by atoms with Gasteiger partial charge in [-0.3, -0.25) is 24.3 Å². The number of rotatable bonds is 5. The summed E-state index contributed by atoms with van der Waals surface area (Å²) in [5.74, 6) is -0.255. The summed E-state index contributed by atoms with van der Waals surface area (Å²) in [4.78, 5) is 45.4. The van der Waals surface area contributed by atoms with Crippen molar-refractivity contribution in [2.24, 2.45) is 0 Å². The van der Waals surface area contributed by atoms with Crippen LogP contribution in [-0.2, 0) is 11.2 Å². The van der Waals surface area contributed by atoms with Crippen molar-refractivity contribution in [2.75, 3.05) is 12.4 Å². The molecular formula is C19H15N5O4. The van der Waals surface area contributed by atoms with E-state index in [9.17, 15) is 14.4 Å². The maximum atomic E-state index is 12.2. The van der Waals surface area contributed by atoms with Crippen LogP contribution in [0.2, 0.25) is 0 Å². The summed E-state index contributed by atoms with van der Waals surface area (Å²) < 4.78 is 5.16. The lowest BCUT2D eigenvalue weighted by atomic mass is 10.1. The van der Waals surface area contributed by atoms with Crippen molar-refractivity contribution in [1.29, 1.82) is 0 Å². The van der Waals surface area contributed by atoms with Crippen LogP contribution in [0.1, 0.15) is 33.0 Å². The molecule has 9 nitrogen and oxygen atoms in total. The Morgan fingerprint density at radius 2 is 2.00 bits per heavy atom. The van der Waals surface area contributed by atoms with E-state index in [1.54, 1.807) is 24.5 Å². The Kier molecular flexibility index (Phi) is 4.40. The third-order valence-corrected chi connectivity index (χ3v) is 4.33. The molecule has 3 amide bonds. The summed E-state index contributed by atoms with van der Waals surface area (Å²) in [6, 6.07) is 8.21. The molecule has 1 aromatic carbocycles. The second kappa shape index (κ2) is 7.03. The molecule has 140 valence electrons. The number of pyridine rings is 1. The smallest absolute Gasteiger partial charge is 0.261 e. The van der Waals surface area contributed by atoms with Crippen LogP contribution in [0.25, 0.3) is 11.4 Å². The number of benzene rings is 1. The fourth-order valence-electron chi connectivity index (χ4n) is 2.85. The Bertz CT molecular complexity index is 1080. The van der Waals surface area contributed by atoms with Gasteiger partial charge in [-0.15, -0.1) is 0 Å². The van der Waals surface area contributed by atoms with E-state index in [-0.39, 0.29) is 36.1 Å². The maximum Gasteiger partial charge on any atom is 0.261 e. The predicted molar refractivity (Wildman–Crippen MR) is 97.3 cm³/mol. The Labute approximate surface area is 159 Å². The van der Waals surface area contributed by atoms with Crippen LogP contribution in [0.4, 0.5) is 5.69 Å². The molecule has 3 heterocycles. The minimum Gasteiger partial charge on any atom is -0.339 e. The van der Waals surface area contributed by atoms with Gasteiger partial charge in [0, 0.05) is 43.5 Å². The largest absolute Gasteiger partial charge is 0.339 e. The van der Waals surface area contributed by atoms with E-state index in [2.05, 4.69) is 20.4 Å². The Morgan fingerprint density at radius 1 is 1.18 bits per heavy atom. The normalized spacial score (nSPS) is 13.0. The molecule has 0 spiro atoms. The molecule has 0 radical (unpaired) electrons. The number of carbonyl (C=O) groups is 3. The standard InChI is InChI=1S/C19H15N5O4/c1-24-18(26)13-5-4-12(9-14(13)19(24)27)21-15(25)6-7-16-22-17(23-28-16)11-3-2-8-20-10-11/h2-5,8-10H,6-7H2,1H3,(H,21,25). The van der Waals surface area contributed by atoms with Crippen LogP contribution >= 0.6 is 0 Å². The highest BCUT2D eigenvalue weighted by atomic mass is 16.5. The third kappa shape index (κ3) is 3.25. The average molecular weight is 377 g/mol. The Morgan fingerprint density at radius 3 is 2.79 bits per heavy atom. The number of anilines is 1. The number of hydrogen-bond donors (Lipinski definition) is 1. The molecule has 0 atom stereocenters. The first kappa shape index (κ1) is 17.5. The zero-order chi connectivity index (χ0) is 19.7.